The maximum Gasteiger partial charge on any atom is 0.317 e. The molecule has 0 spiro atoms. The van der Waals surface area contributed by atoms with Crippen LogP contribution in [-0.2, 0) is 11.3 Å². The zero-order valence-electron chi connectivity index (χ0n) is 14.1. The van der Waals surface area contributed by atoms with Crippen LogP contribution in [0.25, 0.3) is 0 Å². The molecule has 2 saturated heterocycles. The Kier molecular flexibility index (Phi) is 5.82. The summed E-state index contributed by atoms with van der Waals surface area (Å²) >= 11 is 0. The molecule has 2 fully saturated rings. The van der Waals surface area contributed by atoms with E-state index in [4.69, 9.17) is 4.74 Å². The standard InChI is InChI=1S/C18H26N4O2/c1-2-7-21-9-10-24-17-14-22(8-5-16(17)13-21)18(23)20-12-15-4-3-6-19-11-15/h2-4,6,11,16-17H,1,5,7-10,12-14H2,(H,20,23)/t16-,17-/m1/s1. The van der Waals surface area contributed by atoms with Crippen LogP contribution in [0.3, 0.4) is 0 Å². The zero-order valence-corrected chi connectivity index (χ0v) is 14.1. The number of urea groups is 1. The largest absolute Gasteiger partial charge is 0.375 e. The van der Waals surface area contributed by atoms with Crippen LogP contribution in [0.1, 0.15) is 12.0 Å². The molecule has 3 rings (SSSR count). The third-order valence-electron chi connectivity index (χ3n) is 4.77. The number of likely N-dealkylation sites (tertiary alicyclic amines) is 1. The van der Waals surface area contributed by atoms with E-state index in [9.17, 15) is 4.79 Å². The number of hydrogen-bond donors (Lipinski definition) is 1. The Morgan fingerprint density at radius 3 is 3.17 bits per heavy atom. The van der Waals surface area contributed by atoms with Crippen molar-refractivity contribution in [3.05, 3.63) is 42.7 Å². The number of rotatable bonds is 4. The van der Waals surface area contributed by atoms with Gasteiger partial charge in [0.15, 0.2) is 0 Å². The van der Waals surface area contributed by atoms with Gasteiger partial charge in [0.05, 0.1) is 12.7 Å². The number of hydrogen-bond acceptors (Lipinski definition) is 4. The second-order valence-electron chi connectivity index (χ2n) is 6.47. The number of piperidine rings is 1. The van der Waals surface area contributed by atoms with Gasteiger partial charge in [-0.15, -0.1) is 6.58 Å². The van der Waals surface area contributed by atoms with Crippen molar-refractivity contribution in [3.8, 4) is 0 Å². The van der Waals surface area contributed by atoms with Crippen molar-refractivity contribution in [3.63, 3.8) is 0 Å². The highest BCUT2D eigenvalue weighted by Crippen LogP contribution is 2.24. The van der Waals surface area contributed by atoms with Gasteiger partial charge in [-0.05, 0) is 18.1 Å². The molecule has 0 aromatic carbocycles. The molecule has 3 heterocycles. The van der Waals surface area contributed by atoms with Crippen LogP contribution in [0.2, 0.25) is 0 Å². The van der Waals surface area contributed by atoms with Crippen molar-refractivity contribution in [2.24, 2.45) is 5.92 Å². The van der Waals surface area contributed by atoms with E-state index in [0.29, 0.717) is 19.0 Å². The Bertz CT molecular complexity index is 551. The van der Waals surface area contributed by atoms with Crippen LogP contribution in [0.4, 0.5) is 4.79 Å². The van der Waals surface area contributed by atoms with Crippen LogP contribution in [0.5, 0.6) is 0 Å². The average molecular weight is 330 g/mol. The SMILES string of the molecule is C=CCN1CCO[C@@H]2CN(C(=O)NCc3cccnc3)CC[C@@H]2C1. The predicted molar refractivity (Wildman–Crippen MR) is 92.5 cm³/mol. The van der Waals surface area contributed by atoms with E-state index in [1.807, 2.05) is 23.1 Å². The van der Waals surface area contributed by atoms with Gasteiger partial charge in [-0.2, -0.15) is 0 Å². The third-order valence-corrected chi connectivity index (χ3v) is 4.77. The summed E-state index contributed by atoms with van der Waals surface area (Å²) in [7, 11) is 0. The summed E-state index contributed by atoms with van der Waals surface area (Å²) < 4.78 is 6.02. The summed E-state index contributed by atoms with van der Waals surface area (Å²) in [5, 5.41) is 2.98. The molecule has 0 saturated carbocycles. The first-order valence-electron chi connectivity index (χ1n) is 8.63. The van der Waals surface area contributed by atoms with E-state index in [-0.39, 0.29) is 12.1 Å². The monoisotopic (exact) mass is 330 g/mol. The maximum absolute atomic E-state index is 12.4. The van der Waals surface area contributed by atoms with Crippen molar-refractivity contribution in [1.29, 1.82) is 0 Å². The molecule has 1 aromatic heterocycles. The molecular formula is C18H26N4O2. The Balaban J connectivity index is 1.51. The van der Waals surface area contributed by atoms with Crippen LogP contribution in [0, 0.1) is 5.92 Å². The second-order valence-corrected chi connectivity index (χ2v) is 6.47. The van der Waals surface area contributed by atoms with E-state index in [0.717, 1.165) is 44.8 Å². The van der Waals surface area contributed by atoms with Gasteiger partial charge in [-0.25, -0.2) is 4.79 Å². The predicted octanol–water partition coefficient (Wildman–Crippen LogP) is 1.50. The lowest BCUT2D eigenvalue weighted by Crippen LogP contribution is -2.51. The molecule has 130 valence electrons. The molecule has 6 heteroatoms. The highest BCUT2D eigenvalue weighted by Gasteiger charge is 2.34. The second kappa shape index (κ2) is 8.26. The van der Waals surface area contributed by atoms with Gasteiger partial charge in [0.1, 0.15) is 0 Å². The highest BCUT2D eigenvalue weighted by atomic mass is 16.5. The Labute approximate surface area is 143 Å². The van der Waals surface area contributed by atoms with Gasteiger partial charge in [0.25, 0.3) is 0 Å². The summed E-state index contributed by atoms with van der Waals surface area (Å²) in [6.07, 6.45) is 6.57. The fourth-order valence-electron chi connectivity index (χ4n) is 3.44. The third kappa shape index (κ3) is 4.33. The van der Waals surface area contributed by atoms with E-state index in [1.165, 1.54) is 0 Å². The van der Waals surface area contributed by atoms with E-state index in [1.54, 1.807) is 12.4 Å². The number of aromatic nitrogens is 1. The molecule has 2 aliphatic rings. The number of ether oxygens (including phenoxy) is 1. The highest BCUT2D eigenvalue weighted by molar-refractivity contribution is 5.74. The molecule has 2 amide bonds. The molecule has 0 unspecified atom stereocenters. The first kappa shape index (κ1) is 16.9. The fourth-order valence-corrected chi connectivity index (χ4v) is 3.44. The number of pyridine rings is 1. The van der Waals surface area contributed by atoms with E-state index in [2.05, 4.69) is 21.8 Å². The zero-order chi connectivity index (χ0) is 16.8. The number of fused-ring (bicyclic) bond motifs is 1. The summed E-state index contributed by atoms with van der Waals surface area (Å²) in [6.45, 7) is 9.38. The smallest absolute Gasteiger partial charge is 0.317 e. The Hall–Kier alpha value is -1.92. The molecule has 1 aromatic rings. The maximum atomic E-state index is 12.4. The van der Waals surface area contributed by atoms with Gasteiger partial charge in [0, 0.05) is 57.6 Å². The molecule has 0 bridgehead atoms. The van der Waals surface area contributed by atoms with Crippen molar-refractivity contribution in [1.82, 2.24) is 20.1 Å². The van der Waals surface area contributed by atoms with Gasteiger partial charge in [-0.3, -0.25) is 9.88 Å². The number of carbonyl (C=O) groups excluding carboxylic acids is 1. The molecule has 1 N–H and O–H groups in total. The molecular weight excluding hydrogens is 304 g/mol. The molecule has 6 nitrogen and oxygen atoms in total. The summed E-state index contributed by atoms with van der Waals surface area (Å²) in [5.74, 6) is 0.495. The van der Waals surface area contributed by atoms with Crippen molar-refractivity contribution in [2.75, 3.05) is 39.3 Å². The van der Waals surface area contributed by atoms with Crippen LogP contribution >= 0.6 is 0 Å². The molecule has 0 radical (unpaired) electrons. The molecule has 2 aliphatic heterocycles. The molecule has 0 aliphatic carbocycles. The lowest BCUT2D eigenvalue weighted by Gasteiger charge is -2.37. The first-order chi connectivity index (χ1) is 11.8. The average Bonchev–Trinajstić information content (AvgIpc) is 2.82. The van der Waals surface area contributed by atoms with Crippen molar-refractivity contribution < 1.29 is 9.53 Å². The summed E-state index contributed by atoms with van der Waals surface area (Å²) in [4.78, 5) is 20.7. The summed E-state index contributed by atoms with van der Waals surface area (Å²) in [5.41, 5.74) is 1.01. The minimum atomic E-state index is -0.0203. The quantitative estimate of drug-likeness (QED) is 0.850. The minimum absolute atomic E-state index is 0.0203. The lowest BCUT2D eigenvalue weighted by molar-refractivity contribution is -0.0111. The van der Waals surface area contributed by atoms with Crippen LogP contribution < -0.4 is 5.32 Å². The van der Waals surface area contributed by atoms with Crippen molar-refractivity contribution in [2.45, 2.75) is 19.1 Å². The number of carbonyl (C=O) groups is 1. The van der Waals surface area contributed by atoms with Gasteiger partial charge >= 0.3 is 6.03 Å². The lowest BCUT2D eigenvalue weighted by atomic mass is 9.93. The van der Waals surface area contributed by atoms with Gasteiger partial charge in [-0.1, -0.05) is 12.1 Å². The Morgan fingerprint density at radius 2 is 2.38 bits per heavy atom. The number of amides is 2. The number of nitrogens with one attached hydrogen (secondary N) is 1. The molecule has 2 atom stereocenters. The van der Waals surface area contributed by atoms with E-state index < -0.39 is 0 Å². The number of nitrogens with zero attached hydrogens (tertiary/aromatic N) is 3. The van der Waals surface area contributed by atoms with E-state index >= 15 is 0 Å². The summed E-state index contributed by atoms with van der Waals surface area (Å²) in [6, 6.07) is 3.82. The normalized spacial score (nSPS) is 24.8. The first-order valence-corrected chi connectivity index (χ1v) is 8.63. The van der Waals surface area contributed by atoms with Gasteiger partial charge < -0.3 is 15.0 Å². The van der Waals surface area contributed by atoms with Crippen LogP contribution in [0.15, 0.2) is 37.2 Å². The fraction of sp³-hybridized carbons (Fsp3) is 0.556. The minimum Gasteiger partial charge on any atom is -0.375 e. The Morgan fingerprint density at radius 1 is 1.46 bits per heavy atom. The molecule has 24 heavy (non-hydrogen) atoms. The topological polar surface area (TPSA) is 57.7 Å². The van der Waals surface area contributed by atoms with Gasteiger partial charge in [0.2, 0.25) is 0 Å². The van der Waals surface area contributed by atoms with Crippen molar-refractivity contribution >= 4 is 6.03 Å². The van der Waals surface area contributed by atoms with Crippen LogP contribution in [-0.4, -0.2) is 66.2 Å².